The van der Waals surface area contributed by atoms with Crippen LogP contribution in [0.2, 0.25) is 5.02 Å². The number of rotatable bonds is 1. The summed E-state index contributed by atoms with van der Waals surface area (Å²) in [6.07, 6.45) is 0. The number of halogens is 1. The van der Waals surface area contributed by atoms with Gasteiger partial charge in [0.05, 0.1) is 13.1 Å². The Morgan fingerprint density at radius 1 is 1.19 bits per heavy atom. The summed E-state index contributed by atoms with van der Waals surface area (Å²) in [5, 5.41) is 0.667. The van der Waals surface area contributed by atoms with Gasteiger partial charge in [-0.2, -0.15) is 0 Å². The van der Waals surface area contributed by atoms with Crippen molar-refractivity contribution < 1.29 is 0 Å². The Bertz CT molecular complexity index is 1230. The van der Waals surface area contributed by atoms with Crippen LogP contribution in [0.1, 0.15) is 11.4 Å². The Morgan fingerprint density at radius 3 is 2.78 bits per heavy atom. The SMILES string of the molecule is Cn1c(=O)c2c(nc3n2CCN(CC#Cc2cccc(Cl)c2)C3)n(C)c1=O. The second-order valence-corrected chi connectivity index (χ2v) is 7.02. The minimum absolute atomic E-state index is 0.305. The summed E-state index contributed by atoms with van der Waals surface area (Å²) in [6.45, 7) is 2.57. The maximum absolute atomic E-state index is 12.5. The lowest BCUT2D eigenvalue weighted by molar-refractivity contribution is 0.245. The maximum atomic E-state index is 12.5. The van der Waals surface area contributed by atoms with Gasteiger partial charge in [0, 0.05) is 37.8 Å². The Hall–Kier alpha value is -2.82. The number of hydrogen-bond acceptors (Lipinski definition) is 4. The van der Waals surface area contributed by atoms with Crippen LogP contribution in [0.4, 0.5) is 0 Å². The van der Waals surface area contributed by atoms with E-state index in [0.29, 0.717) is 35.8 Å². The summed E-state index contributed by atoms with van der Waals surface area (Å²) >= 11 is 5.97. The van der Waals surface area contributed by atoms with Crippen molar-refractivity contribution in [1.29, 1.82) is 0 Å². The van der Waals surface area contributed by atoms with Crippen LogP contribution in [0.15, 0.2) is 33.9 Å². The van der Waals surface area contributed by atoms with Crippen molar-refractivity contribution in [3.05, 3.63) is 61.5 Å². The van der Waals surface area contributed by atoms with E-state index in [1.165, 1.54) is 11.6 Å². The fraction of sp³-hybridized carbons (Fsp3) is 0.316. The van der Waals surface area contributed by atoms with Crippen molar-refractivity contribution in [2.45, 2.75) is 13.1 Å². The van der Waals surface area contributed by atoms with Crippen molar-refractivity contribution >= 4 is 22.8 Å². The van der Waals surface area contributed by atoms with Crippen LogP contribution in [0, 0.1) is 11.8 Å². The molecular weight excluding hydrogens is 366 g/mol. The Morgan fingerprint density at radius 2 is 2.00 bits per heavy atom. The highest BCUT2D eigenvalue weighted by Gasteiger charge is 2.23. The van der Waals surface area contributed by atoms with Gasteiger partial charge in [-0.25, -0.2) is 9.78 Å². The lowest BCUT2D eigenvalue weighted by atomic mass is 10.2. The standard InChI is InChI=1S/C19H18ClN5O2/c1-22-17-16(18(26)23(2)19(22)27)25-10-9-24(12-15(25)21-17)8-4-6-13-5-3-7-14(20)11-13/h3,5,7,11H,8-10,12H2,1-2H3. The number of fused-ring (bicyclic) bond motifs is 3. The van der Waals surface area contributed by atoms with Gasteiger partial charge in [0.25, 0.3) is 5.56 Å². The molecule has 1 aromatic carbocycles. The van der Waals surface area contributed by atoms with E-state index < -0.39 is 0 Å². The first-order valence-corrected chi connectivity index (χ1v) is 8.95. The molecule has 3 heterocycles. The first-order valence-electron chi connectivity index (χ1n) is 8.57. The summed E-state index contributed by atoms with van der Waals surface area (Å²) in [7, 11) is 3.13. The zero-order valence-corrected chi connectivity index (χ0v) is 15.8. The van der Waals surface area contributed by atoms with Crippen molar-refractivity contribution in [2.24, 2.45) is 14.1 Å². The van der Waals surface area contributed by atoms with Gasteiger partial charge in [0.15, 0.2) is 11.2 Å². The summed E-state index contributed by atoms with van der Waals surface area (Å²) in [5.74, 6) is 7.05. The molecule has 0 saturated heterocycles. The van der Waals surface area contributed by atoms with Crippen LogP contribution in [-0.4, -0.2) is 36.7 Å². The lowest BCUT2D eigenvalue weighted by Gasteiger charge is -2.25. The van der Waals surface area contributed by atoms with Gasteiger partial charge >= 0.3 is 5.69 Å². The highest BCUT2D eigenvalue weighted by molar-refractivity contribution is 6.30. The summed E-state index contributed by atoms with van der Waals surface area (Å²) in [5.41, 5.74) is 1.13. The minimum atomic E-state index is -0.368. The molecule has 2 aromatic heterocycles. The molecule has 27 heavy (non-hydrogen) atoms. The summed E-state index contributed by atoms with van der Waals surface area (Å²) in [6, 6.07) is 7.45. The highest BCUT2D eigenvalue weighted by atomic mass is 35.5. The quantitative estimate of drug-likeness (QED) is 0.587. The molecule has 0 fully saturated rings. The maximum Gasteiger partial charge on any atom is 0.332 e. The van der Waals surface area contributed by atoms with Crippen molar-refractivity contribution in [3.63, 3.8) is 0 Å². The third-order valence-electron chi connectivity index (χ3n) is 4.79. The third-order valence-corrected chi connectivity index (χ3v) is 5.03. The van der Waals surface area contributed by atoms with Crippen LogP contribution in [0.3, 0.4) is 0 Å². The largest absolute Gasteiger partial charge is 0.332 e. The average molecular weight is 384 g/mol. The van der Waals surface area contributed by atoms with E-state index in [-0.39, 0.29) is 11.2 Å². The molecule has 0 atom stereocenters. The van der Waals surface area contributed by atoms with E-state index >= 15 is 0 Å². The normalized spacial score (nSPS) is 14.0. The van der Waals surface area contributed by atoms with Crippen LogP contribution in [0.5, 0.6) is 0 Å². The Balaban J connectivity index is 1.61. The van der Waals surface area contributed by atoms with E-state index in [2.05, 4.69) is 21.7 Å². The van der Waals surface area contributed by atoms with Gasteiger partial charge in [-0.3, -0.25) is 18.8 Å². The molecule has 1 aliphatic heterocycles. The topological polar surface area (TPSA) is 65.1 Å². The van der Waals surface area contributed by atoms with Crippen LogP contribution in [-0.2, 0) is 27.2 Å². The first kappa shape index (κ1) is 17.6. The molecule has 1 aliphatic rings. The van der Waals surface area contributed by atoms with Crippen molar-refractivity contribution in [3.8, 4) is 11.8 Å². The van der Waals surface area contributed by atoms with E-state index in [0.717, 1.165) is 22.5 Å². The fourth-order valence-corrected chi connectivity index (χ4v) is 3.52. The monoisotopic (exact) mass is 383 g/mol. The number of benzene rings is 1. The highest BCUT2D eigenvalue weighted by Crippen LogP contribution is 2.17. The summed E-state index contributed by atoms with van der Waals surface area (Å²) < 4.78 is 4.46. The van der Waals surface area contributed by atoms with E-state index in [4.69, 9.17) is 11.6 Å². The van der Waals surface area contributed by atoms with E-state index in [1.54, 1.807) is 7.05 Å². The van der Waals surface area contributed by atoms with E-state index in [9.17, 15) is 9.59 Å². The molecule has 0 bridgehead atoms. The number of hydrogen-bond donors (Lipinski definition) is 0. The first-order chi connectivity index (χ1) is 13.0. The molecule has 0 aliphatic carbocycles. The number of aromatic nitrogens is 4. The van der Waals surface area contributed by atoms with Gasteiger partial charge in [-0.1, -0.05) is 29.5 Å². The average Bonchev–Trinajstić information content (AvgIpc) is 3.04. The molecule has 3 aromatic rings. The van der Waals surface area contributed by atoms with Gasteiger partial charge in [-0.05, 0) is 18.2 Å². The predicted octanol–water partition coefficient (Wildman–Crippen LogP) is 0.954. The second-order valence-electron chi connectivity index (χ2n) is 6.58. The molecule has 0 unspecified atom stereocenters. The van der Waals surface area contributed by atoms with Crippen LogP contribution in [0.25, 0.3) is 11.2 Å². The molecule has 138 valence electrons. The van der Waals surface area contributed by atoms with Crippen LogP contribution < -0.4 is 11.2 Å². The third kappa shape index (κ3) is 3.07. The molecule has 0 radical (unpaired) electrons. The lowest BCUT2D eigenvalue weighted by Crippen LogP contribution is -2.38. The Labute approximate surface area is 160 Å². The molecule has 4 rings (SSSR count). The number of nitrogens with zero attached hydrogens (tertiary/aromatic N) is 5. The number of aryl methyl sites for hydroxylation is 1. The van der Waals surface area contributed by atoms with Gasteiger partial charge < -0.3 is 4.57 Å². The van der Waals surface area contributed by atoms with Gasteiger partial charge in [0.2, 0.25) is 0 Å². The molecule has 0 N–H and O–H groups in total. The summed E-state index contributed by atoms with van der Waals surface area (Å²) in [4.78, 5) is 31.4. The van der Waals surface area contributed by atoms with Gasteiger partial charge in [-0.15, -0.1) is 0 Å². The van der Waals surface area contributed by atoms with Crippen molar-refractivity contribution in [1.82, 2.24) is 23.6 Å². The predicted molar refractivity (Wildman–Crippen MR) is 104 cm³/mol. The molecule has 0 saturated carbocycles. The molecule has 7 nitrogen and oxygen atoms in total. The minimum Gasteiger partial charge on any atom is -0.320 e. The molecule has 8 heteroatoms. The number of imidazole rings is 1. The second kappa shape index (κ2) is 6.72. The molecule has 0 amide bonds. The fourth-order valence-electron chi connectivity index (χ4n) is 3.33. The van der Waals surface area contributed by atoms with Crippen molar-refractivity contribution in [2.75, 3.05) is 13.1 Å². The van der Waals surface area contributed by atoms with Crippen LogP contribution >= 0.6 is 11.6 Å². The molecular formula is C19H18ClN5O2. The van der Waals surface area contributed by atoms with E-state index in [1.807, 2.05) is 28.8 Å². The molecule has 0 spiro atoms. The smallest absolute Gasteiger partial charge is 0.320 e. The zero-order valence-electron chi connectivity index (χ0n) is 15.1. The zero-order chi connectivity index (χ0) is 19.1. The van der Waals surface area contributed by atoms with Gasteiger partial charge in [0.1, 0.15) is 5.82 Å². The Kier molecular flexibility index (Phi) is 4.38.